The molecule has 2 N–H and O–H groups in total. The molecule has 2 aromatic rings. The van der Waals surface area contributed by atoms with E-state index in [1.54, 1.807) is 13.1 Å². The van der Waals surface area contributed by atoms with E-state index in [4.69, 9.17) is 0 Å². The number of thiazole rings is 1. The van der Waals surface area contributed by atoms with Gasteiger partial charge in [0.25, 0.3) is 0 Å². The first-order valence-corrected chi connectivity index (χ1v) is 8.91. The summed E-state index contributed by atoms with van der Waals surface area (Å²) in [5.41, 5.74) is 0. The summed E-state index contributed by atoms with van der Waals surface area (Å²) < 4.78 is 0. The van der Waals surface area contributed by atoms with Crippen LogP contribution >= 0.6 is 23.7 Å². The number of tetrazole rings is 1. The van der Waals surface area contributed by atoms with Crippen molar-refractivity contribution in [2.45, 2.75) is 19.4 Å². The lowest BCUT2D eigenvalue weighted by molar-refractivity contribution is -0.141. The van der Waals surface area contributed by atoms with Crippen molar-refractivity contribution in [2.24, 2.45) is 11.8 Å². The largest absolute Gasteiger partial charge is 0.480 e. The van der Waals surface area contributed by atoms with Crippen molar-refractivity contribution in [3.05, 3.63) is 6.20 Å². The molecule has 2 aliphatic heterocycles. The summed E-state index contributed by atoms with van der Waals surface area (Å²) in [7, 11) is 0. The number of fused-ring (bicyclic) bond motifs is 1. The summed E-state index contributed by atoms with van der Waals surface area (Å²) in [5.74, 6) is 0.887. The van der Waals surface area contributed by atoms with Gasteiger partial charge in [0.15, 0.2) is 11.2 Å². The highest BCUT2D eigenvalue weighted by Crippen LogP contribution is 2.35. The number of hydrogen-bond acceptors (Lipinski definition) is 8. The molecule has 25 heavy (non-hydrogen) atoms. The first-order chi connectivity index (χ1) is 11.7. The van der Waals surface area contributed by atoms with Gasteiger partial charge in [0.2, 0.25) is 5.82 Å². The topological polar surface area (TPSA) is 109 Å². The highest BCUT2D eigenvalue weighted by atomic mass is 35.5. The van der Waals surface area contributed by atoms with E-state index >= 15 is 0 Å². The Labute approximate surface area is 154 Å². The van der Waals surface area contributed by atoms with Crippen molar-refractivity contribution in [3.63, 3.8) is 0 Å². The minimum atomic E-state index is -0.955. The second-order valence-electron chi connectivity index (χ2n) is 6.29. The van der Waals surface area contributed by atoms with Gasteiger partial charge in [-0.25, -0.2) is 9.78 Å². The molecule has 0 radical (unpaired) electrons. The summed E-state index contributed by atoms with van der Waals surface area (Å²) in [5, 5.41) is 25.7. The van der Waals surface area contributed by atoms with Crippen molar-refractivity contribution >= 4 is 34.8 Å². The molecule has 0 aliphatic carbocycles. The van der Waals surface area contributed by atoms with Gasteiger partial charge >= 0.3 is 5.97 Å². The van der Waals surface area contributed by atoms with E-state index in [9.17, 15) is 9.90 Å². The number of halogens is 1. The number of anilines is 1. The molecule has 136 valence electrons. The van der Waals surface area contributed by atoms with Crippen LogP contribution in [-0.4, -0.2) is 62.4 Å². The van der Waals surface area contributed by atoms with Crippen LogP contribution in [0.5, 0.6) is 0 Å². The SMILES string of the molecule is CCC(C(=O)O)n1nnc(-c2cnc(N3CC4CNCC4C3)s2)n1.Cl. The van der Waals surface area contributed by atoms with Gasteiger partial charge in [-0.3, -0.25) is 0 Å². The van der Waals surface area contributed by atoms with E-state index in [-0.39, 0.29) is 12.4 Å². The van der Waals surface area contributed by atoms with Crippen LogP contribution in [0, 0.1) is 11.8 Å². The van der Waals surface area contributed by atoms with Gasteiger partial charge in [-0.2, -0.15) is 0 Å². The van der Waals surface area contributed by atoms with Crippen molar-refractivity contribution in [2.75, 3.05) is 31.1 Å². The fourth-order valence-corrected chi connectivity index (χ4v) is 4.28. The maximum Gasteiger partial charge on any atom is 0.330 e. The fourth-order valence-electron chi connectivity index (χ4n) is 3.42. The molecule has 0 amide bonds. The lowest BCUT2D eigenvalue weighted by Crippen LogP contribution is -2.25. The maximum atomic E-state index is 11.2. The third-order valence-electron chi connectivity index (χ3n) is 4.75. The third kappa shape index (κ3) is 3.33. The quantitative estimate of drug-likeness (QED) is 0.781. The van der Waals surface area contributed by atoms with E-state index in [1.807, 2.05) is 0 Å². The number of hydrogen-bond donors (Lipinski definition) is 2. The van der Waals surface area contributed by atoms with Crippen molar-refractivity contribution in [1.29, 1.82) is 0 Å². The highest BCUT2D eigenvalue weighted by Gasteiger charge is 2.37. The molecule has 9 nitrogen and oxygen atoms in total. The first-order valence-electron chi connectivity index (χ1n) is 8.10. The Bertz CT molecular complexity index is 739. The second-order valence-corrected chi connectivity index (χ2v) is 7.30. The van der Waals surface area contributed by atoms with Crippen molar-refractivity contribution in [3.8, 4) is 10.7 Å². The van der Waals surface area contributed by atoms with Crippen molar-refractivity contribution in [1.82, 2.24) is 30.5 Å². The van der Waals surface area contributed by atoms with Crippen molar-refractivity contribution < 1.29 is 9.90 Å². The zero-order valence-electron chi connectivity index (χ0n) is 13.7. The molecule has 0 saturated carbocycles. The molecule has 0 spiro atoms. The van der Waals surface area contributed by atoms with Crippen LogP contribution in [0.1, 0.15) is 19.4 Å². The molecule has 3 atom stereocenters. The Morgan fingerprint density at radius 1 is 1.44 bits per heavy atom. The van der Waals surface area contributed by atoms with Gasteiger partial charge in [-0.15, -0.1) is 27.4 Å². The second kappa shape index (κ2) is 7.22. The number of aliphatic carboxylic acids is 1. The summed E-state index contributed by atoms with van der Waals surface area (Å²) in [6.07, 6.45) is 2.15. The number of carbonyl (C=O) groups is 1. The first kappa shape index (κ1) is 18.0. The molecule has 11 heteroatoms. The Morgan fingerprint density at radius 3 is 2.80 bits per heavy atom. The van der Waals surface area contributed by atoms with Crippen LogP contribution in [-0.2, 0) is 4.79 Å². The smallest absolute Gasteiger partial charge is 0.330 e. The van der Waals surface area contributed by atoms with Crippen LogP contribution in [0.15, 0.2) is 6.20 Å². The normalized spacial score (nSPS) is 23.3. The Morgan fingerprint density at radius 2 is 2.16 bits per heavy atom. The zero-order chi connectivity index (χ0) is 16.7. The van der Waals surface area contributed by atoms with Gasteiger partial charge in [-0.05, 0) is 23.5 Å². The number of nitrogens with zero attached hydrogens (tertiary/aromatic N) is 6. The zero-order valence-corrected chi connectivity index (χ0v) is 15.3. The minimum absolute atomic E-state index is 0. The Kier molecular flexibility index (Phi) is 5.21. The average molecular weight is 386 g/mol. The van der Waals surface area contributed by atoms with E-state index < -0.39 is 12.0 Å². The van der Waals surface area contributed by atoms with Crippen LogP contribution in [0.25, 0.3) is 10.7 Å². The molecule has 4 heterocycles. The maximum absolute atomic E-state index is 11.2. The monoisotopic (exact) mass is 385 g/mol. The number of nitrogens with one attached hydrogen (secondary N) is 1. The molecule has 2 aliphatic rings. The number of aromatic nitrogens is 5. The van der Waals surface area contributed by atoms with Crippen LogP contribution in [0.2, 0.25) is 0 Å². The number of carboxylic acids is 1. The number of rotatable bonds is 5. The summed E-state index contributed by atoms with van der Waals surface area (Å²) in [6, 6.07) is -0.788. The van der Waals surface area contributed by atoms with Crippen LogP contribution < -0.4 is 10.2 Å². The fraction of sp³-hybridized carbons (Fsp3) is 0.643. The van der Waals surface area contributed by atoms with Gasteiger partial charge in [-0.1, -0.05) is 18.3 Å². The number of carboxylic acid groups (broad SMARTS) is 1. The predicted molar refractivity (Wildman–Crippen MR) is 95.2 cm³/mol. The average Bonchev–Trinajstić information content (AvgIpc) is 3.30. The van der Waals surface area contributed by atoms with E-state index in [0.29, 0.717) is 24.1 Å². The van der Waals surface area contributed by atoms with Gasteiger partial charge in [0.05, 0.1) is 11.1 Å². The summed E-state index contributed by atoms with van der Waals surface area (Å²) in [6.45, 7) is 6.01. The molecule has 2 aromatic heterocycles. The minimum Gasteiger partial charge on any atom is -0.480 e. The standard InChI is InChI=1S/C14H19N7O2S.ClH/c1-2-10(13(22)23)21-18-12(17-19-21)11-5-16-14(24-11)20-6-8-3-15-4-9(8)7-20;/h5,8-10,15H,2-4,6-7H2,1H3,(H,22,23);1H. The molecule has 2 fully saturated rings. The van der Waals surface area contributed by atoms with Gasteiger partial charge in [0.1, 0.15) is 0 Å². The van der Waals surface area contributed by atoms with Gasteiger partial charge < -0.3 is 15.3 Å². The molecule has 4 rings (SSSR count). The summed E-state index contributed by atoms with van der Waals surface area (Å²) >= 11 is 1.53. The predicted octanol–water partition coefficient (Wildman–Crippen LogP) is 0.910. The molecule has 0 bridgehead atoms. The molecule has 3 unspecified atom stereocenters. The van der Waals surface area contributed by atoms with E-state index in [2.05, 4.69) is 30.6 Å². The summed E-state index contributed by atoms with van der Waals surface area (Å²) in [4.78, 5) is 20.0. The van der Waals surface area contributed by atoms with E-state index in [0.717, 1.165) is 36.2 Å². The highest BCUT2D eigenvalue weighted by molar-refractivity contribution is 7.18. The Balaban J connectivity index is 0.00000182. The molecule has 0 aromatic carbocycles. The van der Waals surface area contributed by atoms with Crippen LogP contribution in [0.4, 0.5) is 5.13 Å². The lowest BCUT2D eigenvalue weighted by atomic mass is 10.0. The molecular weight excluding hydrogens is 366 g/mol. The van der Waals surface area contributed by atoms with E-state index in [1.165, 1.54) is 16.1 Å². The third-order valence-corrected chi connectivity index (χ3v) is 5.81. The Hall–Kier alpha value is -1.78. The molecular formula is C14H20ClN7O2S. The molecule has 2 saturated heterocycles. The van der Waals surface area contributed by atoms with Crippen LogP contribution in [0.3, 0.4) is 0 Å². The van der Waals surface area contributed by atoms with Gasteiger partial charge in [0, 0.05) is 26.2 Å². The lowest BCUT2D eigenvalue weighted by Gasteiger charge is -2.15.